The van der Waals surface area contributed by atoms with Gasteiger partial charge in [-0.25, -0.2) is 0 Å². The minimum absolute atomic E-state index is 0.502. The van der Waals surface area contributed by atoms with E-state index in [0.29, 0.717) is 0 Å². The van der Waals surface area contributed by atoms with Gasteiger partial charge in [0.1, 0.15) is 11.5 Å². The Bertz CT molecular complexity index is 2490. The molecule has 0 atom stereocenters. The van der Waals surface area contributed by atoms with Crippen molar-refractivity contribution in [1.29, 1.82) is 0 Å². The number of para-hydroxylation sites is 2. The smallest absolute Gasteiger partial charge is 0.456 e. The first kappa shape index (κ1) is 30.3. The van der Waals surface area contributed by atoms with Gasteiger partial charge in [-0.05, 0) is 73.0 Å². The van der Waals surface area contributed by atoms with Gasteiger partial charge in [0.05, 0.1) is 22.3 Å². The van der Waals surface area contributed by atoms with E-state index >= 15 is 0 Å². The number of hydrogen-bond donors (Lipinski definition) is 0. The zero-order valence-corrected chi connectivity index (χ0v) is 29.1. The third-order valence-electron chi connectivity index (χ3n) is 11.7. The number of benzene rings is 6. The maximum atomic E-state index is 7.30. The lowest BCUT2D eigenvalue weighted by molar-refractivity contribution is 0.00578. The van der Waals surface area contributed by atoms with E-state index in [0.717, 1.165) is 55.9 Å². The van der Waals surface area contributed by atoms with E-state index in [1.54, 1.807) is 0 Å². The zero-order chi connectivity index (χ0) is 34.5. The number of fused-ring (bicyclic) bond motifs is 10. The predicted molar refractivity (Wildman–Crippen MR) is 206 cm³/mol. The molecule has 1 aliphatic carbocycles. The molecule has 0 saturated carbocycles. The van der Waals surface area contributed by atoms with Crippen molar-refractivity contribution in [3.63, 3.8) is 0 Å². The second kappa shape index (κ2) is 10.8. The molecule has 0 N–H and O–H groups in total. The molecule has 1 fully saturated rings. The number of ether oxygens (including phenoxy) is 1. The molecule has 6 aromatic carbocycles. The number of pyridine rings is 1. The fraction of sp³-hybridized carbons (Fsp3) is 0.152. The van der Waals surface area contributed by atoms with Crippen LogP contribution in [0, 0.1) is 0 Å². The fourth-order valence-corrected chi connectivity index (χ4v) is 8.54. The first-order valence-corrected chi connectivity index (χ1v) is 17.7. The highest BCUT2D eigenvalue weighted by Gasteiger charge is 2.56. The topological polar surface area (TPSA) is 40.6 Å². The van der Waals surface area contributed by atoms with Crippen molar-refractivity contribution >= 4 is 23.4 Å². The van der Waals surface area contributed by atoms with Crippen LogP contribution in [0.15, 0.2) is 146 Å². The summed E-state index contributed by atoms with van der Waals surface area (Å²) in [4.78, 5) is 4.86. The lowest BCUT2D eigenvalue weighted by Gasteiger charge is -2.41. The maximum absolute atomic E-state index is 7.30. The van der Waals surface area contributed by atoms with Crippen molar-refractivity contribution in [2.45, 2.75) is 44.3 Å². The zero-order valence-electron chi connectivity index (χ0n) is 29.1. The highest BCUT2D eigenvalue weighted by atomic mass is 16.7. The van der Waals surface area contributed by atoms with Gasteiger partial charge in [-0.2, -0.15) is 0 Å². The molecule has 10 rings (SSSR count). The minimum Gasteiger partial charge on any atom is -0.456 e. The van der Waals surface area contributed by atoms with E-state index in [1.807, 2.05) is 6.20 Å². The molecular weight excluding hydrogens is 625 g/mol. The van der Waals surface area contributed by atoms with E-state index < -0.39 is 23.7 Å². The number of nitrogens with zero attached hydrogens (tertiary/aromatic N) is 1. The molecule has 4 nitrogen and oxygen atoms in total. The minimum atomic E-state index is -0.624. The molecular formula is C46H36BNO3. The molecule has 1 saturated heterocycles. The molecule has 2 aliphatic heterocycles. The quantitative estimate of drug-likeness (QED) is 0.177. The summed E-state index contributed by atoms with van der Waals surface area (Å²) >= 11 is 0. The van der Waals surface area contributed by atoms with E-state index in [9.17, 15) is 0 Å². The van der Waals surface area contributed by atoms with Crippen LogP contribution in [0.25, 0.3) is 44.3 Å². The molecule has 3 aliphatic rings. The number of hydrogen-bond acceptors (Lipinski definition) is 4. The summed E-state index contributed by atoms with van der Waals surface area (Å²) in [6.45, 7) is 8.39. The van der Waals surface area contributed by atoms with Crippen molar-refractivity contribution < 1.29 is 14.0 Å². The van der Waals surface area contributed by atoms with E-state index in [4.69, 9.17) is 19.0 Å². The Morgan fingerprint density at radius 3 is 1.82 bits per heavy atom. The summed E-state index contributed by atoms with van der Waals surface area (Å²) in [5.41, 5.74) is 10.5. The summed E-state index contributed by atoms with van der Waals surface area (Å²) in [7, 11) is -0.594. The van der Waals surface area contributed by atoms with Crippen LogP contribution in [-0.2, 0) is 14.7 Å². The summed E-state index contributed by atoms with van der Waals surface area (Å²) in [5, 5.41) is 2.29. The maximum Gasteiger partial charge on any atom is 0.498 e. The normalized spacial score (nSPS) is 17.1. The average Bonchev–Trinajstić information content (AvgIpc) is 3.57. The molecule has 0 amide bonds. The average molecular weight is 662 g/mol. The van der Waals surface area contributed by atoms with Crippen LogP contribution in [0.2, 0.25) is 0 Å². The SMILES string of the molecule is CC1(C)OB(c2cccc3c2Oc2c(-c4cccc(-c5nccc6ccccc56)c4)cccc2C32c3ccccc3-c3ccccc32)OC1(C)C. The van der Waals surface area contributed by atoms with Crippen LogP contribution in [0.1, 0.15) is 49.9 Å². The molecule has 3 heterocycles. The second-order valence-corrected chi connectivity index (χ2v) is 14.9. The number of aromatic nitrogens is 1. The van der Waals surface area contributed by atoms with Gasteiger partial charge in [-0.3, -0.25) is 4.98 Å². The highest BCUT2D eigenvalue weighted by molar-refractivity contribution is 6.63. The molecule has 5 heteroatoms. The van der Waals surface area contributed by atoms with Gasteiger partial charge in [0.2, 0.25) is 0 Å². The number of rotatable bonds is 3. The molecule has 246 valence electrons. The Labute approximate surface area is 298 Å². The van der Waals surface area contributed by atoms with Crippen LogP contribution in [0.5, 0.6) is 11.5 Å². The summed E-state index contributed by atoms with van der Waals surface area (Å²) in [6, 6.07) is 49.9. The van der Waals surface area contributed by atoms with Gasteiger partial charge in [0.15, 0.2) is 0 Å². The van der Waals surface area contributed by atoms with Crippen molar-refractivity contribution in [2.24, 2.45) is 0 Å². The monoisotopic (exact) mass is 661 g/mol. The fourth-order valence-electron chi connectivity index (χ4n) is 8.54. The first-order chi connectivity index (χ1) is 24.8. The standard InChI is InChI=1S/C46H36BNO3/c1-44(2)45(3,4)51-47(50-44)40-25-13-24-39-43(40)49-42-33(30-15-11-16-31(28-30)41-32-17-6-5-14-29(32)26-27-48-41)20-12-23-38(42)46(39)36-21-9-7-18-34(36)35-19-8-10-22-37(35)46/h5-28H,1-4H3. The van der Waals surface area contributed by atoms with Crippen molar-refractivity contribution in [3.05, 3.63) is 168 Å². The van der Waals surface area contributed by atoms with Crippen LogP contribution in [-0.4, -0.2) is 23.3 Å². The van der Waals surface area contributed by atoms with Crippen molar-refractivity contribution in [3.8, 4) is 45.0 Å². The highest BCUT2D eigenvalue weighted by Crippen LogP contribution is 2.63. The Morgan fingerprint density at radius 1 is 0.510 bits per heavy atom. The Morgan fingerprint density at radius 2 is 1.08 bits per heavy atom. The van der Waals surface area contributed by atoms with Crippen LogP contribution in [0.3, 0.4) is 0 Å². The lowest BCUT2D eigenvalue weighted by atomic mass is 9.63. The molecule has 0 radical (unpaired) electrons. The van der Waals surface area contributed by atoms with Crippen LogP contribution in [0.4, 0.5) is 0 Å². The van der Waals surface area contributed by atoms with Crippen LogP contribution < -0.4 is 10.2 Å². The summed E-state index contributed by atoms with van der Waals surface area (Å²) < 4.78 is 20.7. The Hall–Kier alpha value is -5.49. The first-order valence-electron chi connectivity index (χ1n) is 17.7. The Kier molecular flexibility index (Phi) is 6.40. The summed E-state index contributed by atoms with van der Waals surface area (Å²) in [5.74, 6) is 1.62. The van der Waals surface area contributed by atoms with Gasteiger partial charge < -0.3 is 14.0 Å². The third kappa shape index (κ3) is 4.19. The Balaban J connectivity index is 1.25. The van der Waals surface area contributed by atoms with Crippen LogP contribution >= 0.6 is 0 Å². The molecule has 0 bridgehead atoms. The largest absolute Gasteiger partial charge is 0.498 e. The van der Waals surface area contributed by atoms with Gasteiger partial charge in [0, 0.05) is 39.3 Å². The van der Waals surface area contributed by atoms with Gasteiger partial charge in [0.25, 0.3) is 0 Å². The molecule has 51 heavy (non-hydrogen) atoms. The van der Waals surface area contributed by atoms with Gasteiger partial charge >= 0.3 is 7.12 Å². The summed E-state index contributed by atoms with van der Waals surface area (Å²) in [6.07, 6.45) is 1.89. The molecule has 7 aromatic rings. The van der Waals surface area contributed by atoms with Gasteiger partial charge in [-0.15, -0.1) is 0 Å². The van der Waals surface area contributed by atoms with Crippen molar-refractivity contribution in [1.82, 2.24) is 4.98 Å². The second-order valence-electron chi connectivity index (χ2n) is 14.9. The van der Waals surface area contributed by atoms with Crippen molar-refractivity contribution in [2.75, 3.05) is 0 Å². The molecule has 1 spiro atoms. The van der Waals surface area contributed by atoms with Gasteiger partial charge in [-0.1, -0.05) is 127 Å². The van der Waals surface area contributed by atoms with E-state index in [2.05, 4.69) is 167 Å². The lowest BCUT2D eigenvalue weighted by Crippen LogP contribution is -2.41. The molecule has 1 aromatic heterocycles. The molecule has 0 unspecified atom stereocenters. The van der Waals surface area contributed by atoms with E-state index in [1.165, 1.54) is 27.6 Å². The third-order valence-corrected chi connectivity index (χ3v) is 11.7. The predicted octanol–water partition coefficient (Wildman–Crippen LogP) is 10.3. The van der Waals surface area contributed by atoms with E-state index in [-0.39, 0.29) is 0 Å².